The molecule has 0 aliphatic carbocycles. The molecule has 17 heavy (non-hydrogen) atoms. The summed E-state index contributed by atoms with van der Waals surface area (Å²) in [6, 6.07) is 6.14. The highest BCUT2D eigenvalue weighted by Crippen LogP contribution is 2.24. The van der Waals surface area contributed by atoms with Crippen LogP contribution in [0.15, 0.2) is 24.3 Å². The Bertz CT molecular complexity index is 409. The molecule has 0 radical (unpaired) electrons. The first kappa shape index (κ1) is 13.7. The number of halogens is 4. The highest BCUT2D eigenvalue weighted by atomic mass is 32.1. The molecular weight excluding hydrogens is 256 g/mol. The molecule has 2 nitrogen and oxygen atoms in total. The molecule has 0 fully saturated rings. The Morgan fingerprint density at radius 1 is 1.35 bits per heavy atom. The number of benzene rings is 1. The van der Waals surface area contributed by atoms with E-state index >= 15 is 0 Å². The second-order valence-corrected chi connectivity index (χ2v) is 3.76. The molecule has 0 aromatic heterocycles. The quantitative estimate of drug-likeness (QED) is 0.635. The van der Waals surface area contributed by atoms with Gasteiger partial charge >= 0.3 is 12.3 Å². The fraction of sp³-hybridized carbons (Fsp3) is 0.300. The third-order valence-electron chi connectivity index (χ3n) is 2.03. The molecule has 7 heteroatoms. The van der Waals surface area contributed by atoms with Crippen molar-refractivity contribution in [3.05, 3.63) is 29.8 Å². The van der Waals surface area contributed by atoms with Gasteiger partial charge in [-0.15, -0.1) is 0 Å². The van der Waals surface area contributed by atoms with Crippen molar-refractivity contribution in [1.29, 1.82) is 0 Å². The second kappa shape index (κ2) is 5.31. The van der Waals surface area contributed by atoms with Gasteiger partial charge in [-0.25, -0.2) is 8.78 Å². The van der Waals surface area contributed by atoms with Crippen molar-refractivity contribution in [1.82, 2.24) is 0 Å². The monoisotopic (exact) mass is 266 g/mol. The Hall–Kier alpha value is -1.37. The molecule has 0 bridgehead atoms. The van der Waals surface area contributed by atoms with E-state index in [1.54, 1.807) is 12.1 Å². The maximum absolute atomic E-state index is 12.7. The smallest absolute Gasteiger partial charge is 0.324 e. The molecule has 0 aliphatic heterocycles. The first-order valence-corrected chi connectivity index (χ1v) is 5.04. The average molecular weight is 266 g/mol. The maximum atomic E-state index is 12.7. The summed E-state index contributed by atoms with van der Waals surface area (Å²) >= 11 is 4.71. The van der Waals surface area contributed by atoms with Crippen LogP contribution in [0.5, 0.6) is 0 Å². The summed E-state index contributed by atoms with van der Waals surface area (Å²) in [5.41, 5.74) is 5.92. The Labute approximate surface area is 101 Å². The summed E-state index contributed by atoms with van der Waals surface area (Å²) in [5.74, 6) is -4.09. The van der Waals surface area contributed by atoms with Gasteiger partial charge in [0.25, 0.3) is 0 Å². The molecule has 0 spiro atoms. The van der Waals surface area contributed by atoms with Gasteiger partial charge in [0.2, 0.25) is 0 Å². The number of anilines is 1. The first-order chi connectivity index (χ1) is 7.84. The molecule has 0 amide bonds. The van der Waals surface area contributed by atoms with Gasteiger partial charge in [0.1, 0.15) is 4.99 Å². The zero-order valence-corrected chi connectivity index (χ0v) is 9.41. The Kier molecular flexibility index (Phi) is 4.28. The van der Waals surface area contributed by atoms with Crippen molar-refractivity contribution in [2.24, 2.45) is 5.73 Å². The Morgan fingerprint density at radius 2 is 1.94 bits per heavy atom. The zero-order chi connectivity index (χ0) is 13.1. The molecule has 94 valence electrons. The van der Waals surface area contributed by atoms with Crippen molar-refractivity contribution in [3.63, 3.8) is 0 Å². The second-order valence-electron chi connectivity index (χ2n) is 3.33. The number of nitrogens with one attached hydrogen (secondary N) is 1. The van der Waals surface area contributed by atoms with Gasteiger partial charge in [0.15, 0.2) is 0 Å². The summed E-state index contributed by atoms with van der Waals surface area (Å²) in [6.45, 7) is -1.18. The van der Waals surface area contributed by atoms with Crippen LogP contribution in [0, 0.1) is 0 Å². The van der Waals surface area contributed by atoms with E-state index in [2.05, 4.69) is 5.32 Å². The number of alkyl halides is 4. The molecule has 3 N–H and O–H groups in total. The molecule has 0 aliphatic rings. The molecule has 0 saturated carbocycles. The summed E-state index contributed by atoms with van der Waals surface area (Å²) in [7, 11) is 0. The largest absolute Gasteiger partial charge is 0.389 e. The minimum absolute atomic E-state index is 0.00784. The number of rotatable bonds is 5. The number of nitrogens with two attached hydrogens (primary N) is 1. The molecule has 1 aromatic rings. The highest BCUT2D eigenvalue weighted by molar-refractivity contribution is 7.80. The molecule has 1 aromatic carbocycles. The fourth-order valence-corrected chi connectivity index (χ4v) is 1.32. The van der Waals surface area contributed by atoms with Gasteiger partial charge in [-0.2, -0.15) is 8.78 Å². The molecule has 0 heterocycles. The first-order valence-electron chi connectivity index (χ1n) is 4.63. The number of hydrogen-bond acceptors (Lipinski definition) is 2. The normalized spacial score (nSPS) is 11.6. The lowest BCUT2D eigenvalue weighted by Gasteiger charge is -2.18. The van der Waals surface area contributed by atoms with Crippen LogP contribution in [0.1, 0.15) is 5.56 Å². The highest BCUT2D eigenvalue weighted by Gasteiger charge is 2.40. The lowest BCUT2D eigenvalue weighted by atomic mass is 10.1. The fourth-order valence-electron chi connectivity index (χ4n) is 1.14. The van der Waals surface area contributed by atoms with Crippen LogP contribution in [0.25, 0.3) is 0 Å². The van der Waals surface area contributed by atoms with Crippen molar-refractivity contribution in [2.75, 3.05) is 11.9 Å². The standard InChI is InChI=1S/C10H10F4N2S/c11-9(12)10(13,14)5-16-7-4-2-1-3-6(7)8(15)17/h1-4,9,16H,5H2,(H2,15,17). The van der Waals surface area contributed by atoms with Crippen LogP contribution in [-0.4, -0.2) is 23.9 Å². The van der Waals surface area contributed by atoms with E-state index in [4.69, 9.17) is 18.0 Å². The van der Waals surface area contributed by atoms with Crippen molar-refractivity contribution in [2.45, 2.75) is 12.3 Å². The van der Waals surface area contributed by atoms with E-state index in [9.17, 15) is 17.6 Å². The van der Waals surface area contributed by atoms with Gasteiger partial charge < -0.3 is 11.1 Å². The minimum Gasteiger partial charge on any atom is -0.389 e. The van der Waals surface area contributed by atoms with E-state index in [1.165, 1.54) is 12.1 Å². The lowest BCUT2D eigenvalue weighted by Crippen LogP contribution is -2.35. The van der Waals surface area contributed by atoms with Crippen molar-refractivity contribution in [3.8, 4) is 0 Å². The van der Waals surface area contributed by atoms with Crippen LogP contribution < -0.4 is 11.1 Å². The van der Waals surface area contributed by atoms with Gasteiger partial charge in [-0.05, 0) is 12.1 Å². The Morgan fingerprint density at radius 3 is 2.47 bits per heavy atom. The van der Waals surface area contributed by atoms with Crippen molar-refractivity contribution >= 4 is 22.9 Å². The van der Waals surface area contributed by atoms with Crippen LogP contribution in [0.3, 0.4) is 0 Å². The van der Waals surface area contributed by atoms with Gasteiger partial charge in [-0.1, -0.05) is 24.4 Å². The van der Waals surface area contributed by atoms with Gasteiger partial charge in [-0.3, -0.25) is 0 Å². The third kappa shape index (κ3) is 3.55. The molecule has 1 rings (SSSR count). The molecule has 0 saturated heterocycles. The van der Waals surface area contributed by atoms with Crippen LogP contribution in [0.4, 0.5) is 23.2 Å². The molecular formula is C10H10F4N2S. The summed E-state index contributed by atoms with van der Waals surface area (Å²) in [6.07, 6.45) is -3.72. The third-order valence-corrected chi connectivity index (χ3v) is 2.25. The van der Waals surface area contributed by atoms with E-state index in [-0.39, 0.29) is 10.7 Å². The van der Waals surface area contributed by atoms with Gasteiger partial charge in [0, 0.05) is 11.3 Å². The number of hydrogen-bond donors (Lipinski definition) is 2. The zero-order valence-electron chi connectivity index (χ0n) is 8.59. The average Bonchev–Trinajstić information content (AvgIpc) is 2.26. The lowest BCUT2D eigenvalue weighted by molar-refractivity contribution is -0.117. The number of thiocarbonyl (C=S) groups is 1. The van der Waals surface area contributed by atoms with Gasteiger partial charge in [0.05, 0.1) is 6.54 Å². The Balaban J connectivity index is 2.79. The molecule has 0 unspecified atom stereocenters. The van der Waals surface area contributed by atoms with Crippen LogP contribution in [0.2, 0.25) is 0 Å². The summed E-state index contributed by atoms with van der Waals surface area (Å²) in [4.78, 5) is 0.00784. The van der Waals surface area contributed by atoms with Crippen LogP contribution in [-0.2, 0) is 0 Å². The summed E-state index contributed by atoms with van der Waals surface area (Å²) < 4.78 is 49.2. The summed E-state index contributed by atoms with van der Waals surface area (Å²) in [5, 5.41) is 2.22. The SMILES string of the molecule is NC(=S)c1ccccc1NCC(F)(F)C(F)F. The minimum atomic E-state index is -4.09. The van der Waals surface area contributed by atoms with E-state index in [0.717, 1.165) is 0 Å². The van der Waals surface area contributed by atoms with Crippen molar-refractivity contribution < 1.29 is 17.6 Å². The van der Waals surface area contributed by atoms with E-state index in [0.29, 0.717) is 5.56 Å². The number of para-hydroxylation sites is 1. The maximum Gasteiger partial charge on any atom is 0.324 e. The van der Waals surface area contributed by atoms with Crippen LogP contribution >= 0.6 is 12.2 Å². The topological polar surface area (TPSA) is 38.0 Å². The predicted octanol–water partition coefficient (Wildman–Crippen LogP) is 2.63. The molecule has 0 atom stereocenters. The van der Waals surface area contributed by atoms with E-state index in [1.807, 2.05) is 0 Å². The predicted molar refractivity (Wildman–Crippen MR) is 61.8 cm³/mol. The van der Waals surface area contributed by atoms with E-state index < -0.39 is 18.9 Å².